The molecule has 1 saturated carbocycles. The van der Waals surface area contributed by atoms with E-state index in [2.05, 4.69) is 37.1 Å². The molecule has 3 nitrogen and oxygen atoms in total. The SMILES string of the molecule is C=S(C)(=O)c1ccc(-c2ccc(OC)c(CB(C(=O)c3sc4ccccc4c3C)C3CCCCC3)c2)cc1. The highest BCUT2D eigenvalue weighted by Gasteiger charge is 2.36. The van der Waals surface area contributed by atoms with Crippen LogP contribution in [0, 0.1) is 6.92 Å². The van der Waals surface area contributed by atoms with E-state index in [0.717, 1.165) is 50.6 Å². The number of rotatable bonds is 8. The van der Waals surface area contributed by atoms with E-state index in [1.54, 1.807) is 24.7 Å². The molecule has 1 aliphatic rings. The van der Waals surface area contributed by atoms with E-state index in [1.165, 1.54) is 29.3 Å². The van der Waals surface area contributed by atoms with Gasteiger partial charge >= 0.3 is 0 Å². The van der Waals surface area contributed by atoms with Gasteiger partial charge in [-0.05, 0) is 86.6 Å². The highest BCUT2D eigenvalue weighted by Crippen LogP contribution is 2.39. The molecule has 0 aliphatic heterocycles. The van der Waals surface area contributed by atoms with Gasteiger partial charge in [-0.3, -0.25) is 4.21 Å². The number of benzene rings is 3. The Bertz CT molecular complexity index is 1560. The summed E-state index contributed by atoms with van der Waals surface area (Å²) in [6.07, 6.45) is 8.16. The minimum atomic E-state index is -2.25. The number of aryl methyl sites for hydroxylation is 1. The molecule has 0 bridgehead atoms. The number of carbonyl (C=O) groups excluding carboxylic acids is 1. The average Bonchev–Trinajstić information content (AvgIpc) is 3.27. The highest BCUT2D eigenvalue weighted by atomic mass is 32.2. The van der Waals surface area contributed by atoms with E-state index in [9.17, 15) is 9.00 Å². The molecule has 1 unspecified atom stereocenters. The maximum Gasteiger partial charge on any atom is 0.238 e. The number of ether oxygens (including phenoxy) is 1. The van der Waals surface area contributed by atoms with E-state index in [0.29, 0.717) is 12.1 Å². The summed E-state index contributed by atoms with van der Waals surface area (Å²) < 4.78 is 19.3. The summed E-state index contributed by atoms with van der Waals surface area (Å²) in [5.74, 6) is 5.00. The van der Waals surface area contributed by atoms with Gasteiger partial charge in [0.2, 0.25) is 6.71 Å². The predicted octanol–water partition coefficient (Wildman–Crippen LogP) is 7.92. The van der Waals surface area contributed by atoms with Crippen molar-refractivity contribution in [1.82, 2.24) is 0 Å². The monoisotopic (exact) mass is 542 g/mol. The molecule has 38 heavy (non-hydrogen) atoms. The van der Waals surface area contributed by atoms with Crippen LogP contribution >= 0.6 is 11.3 Å². The summed E-state index contributed by atoms with van der Waals surface area (Å²) in [4.78, 5) is 15.9. The zero-order chi connectivity index (χ0) is 26.9. The number of carbonyl (C=O) groups is 1. The first-order valence-corrected chi connectivity index (χ1v) is 16.3. The van der Waals surface area contributed by atoms with Crippen molar-refractivity contribution >= 4 is 49.2 Å². The summed E-state index contributed by atoms with van der Waals surface area (Å²) in [6.45, 7) is 2.01. The van der Waals surface area contributed by atoms with Crippen molar-refractivity contribution in [2.45, 2.75) is 56.1 Å². The second-order valence-corrected chi connectivity index (χ2v) is 14.2. The number of thiophene rings is 1. The van der Waals surface area contributed by atoms with E-state index < -0.39 is 9.52 Å². The lowest BCUT2D eigenvalue weighted by Gasteiger charge is -2.27. The minimum absolute atomic E-state index is 0.0791. The Hall–Kier alpha value is -2.83. The van der Waals surface area contributed by atoms with E-state index in [-0.39, 0.29) is 12.4 Å². The van der Waals surface area contributed by atoms with Crippen LogP contribution in [0.3, 0.4) is 0 Å². The number of hydrogen-bond acceptors (Lipinski definition) is 4. The van der Waals surface area contributed by atoms with Gasteiger partial charge in [-0.25, -0.2) is 0 Å². The van der Waals surface area contributed by atoms with Crippen LogP contribution in [0.1, 0.15) is 52.9 Å². The Morgan fingerprint density at radius 2 is 1.71 bits per heavy atom. The van der Waals surface area contributed by atoms with Crippen LogP contribution < -0.4 is 4.74 Å². The van der Waals surface area contributed by atoms with Gasteiger partial charge in [-0.2, -0.15) is 0 Å². The molecule has 196 valence electrons. The largest absolute Gasteiger partial charge is 0.497 e. The first-order valence-electron chi connectivity index (χ1n) is 13.4. The van der Waals surface area contributed by atoms with E-state index >= 15 is 0 Å². The first-order chi connectivity index (χ1) is 18.3. The maximum absolute atomic E-state index is 14.3. The Morgan fingerprint density at radius 3 is 2.37 bits per heavy atom. The Kier molecular flexibility index (Phi) is 7.83. The zero-order valence-corrected chi connectivity index (χ0v) is 24.1. The van der Waals surface area contributed by atoms with Gasteiger partial charge in [0, 0.05) is 15.9 Å². The molecule has 6 heteroatoms. The molecule has 0 amide bonds. The van der Waals surface area contributed by atoms with Crippen LogP contribution in [0.25, 0.3) is 21.2 Å². The number of fused-ring (bicyclic) bond motifs is 1. The molecule has 0 radical (unpaired) electrons. The molecule has 1 fully saturated rings. The summed E-state index contributed by atoms with van der Waals surface area (Å²) in [6, 6.07) is 22.4. The second kappa shape index (κ2) is 11.1. The number of methoxy groups -OCH3 is 1. The quantitative estimate of drug-likeness (QED) is 0.168. The standard InChI is InChI=1S/C32H35BO3S2/c1-22-28-12-8-9-13-30(28)37-31(22)32(34)33(26-10-6-5-7-11-26)21-25-20-24(16-19-29(25)36-2)23-14-17-27(18-15-23)38(3,4)35/h8-9,12-20,26H,3,5-7,10-11,21H2,1-2,4H3. The van der Waals surface area contributed by atoms with Crippen LogP contribution in [0.4, 0.5) is 0 Å². The predicted molar refractivity (Wildman–Crippen MR) is 165 cm³/mol. The van der Waals surface area contributed by atoms with Crippen molar-refractivity contribution < 1.29 is 13.7 Å². The molecule has 0 spiro atoms. The van der Waals surface area contributed by atoms with Crippen LogP contribution in [0.5, 0.6) is 5.75 Å². The lowest BCUT2D eigenvalue weighted by atomic mass is 9.33. The lowest BCUT2D eigenvalue weighted by molar-refractivity contribution is 0.107. The minimum Gasteiger partial charge on any atom is -0.497 e. The fraction of sp³-hybridized carbons (Fsp3) is 0.312. The van der Waals surface area contributed by atoms with Gasteiger partial charge < -0.3 is 9.53 Å². The molecule has 1 aromatic heterocycles. The fourth-order valence-corrected chi connectivity index (χ4v) is 7.80. The van der Waals surface area contributed by atoms with Gasteiger partial charge in [0.15, 0.2) is 0 Å². The second-order valence-electron chi connectivity index (χ2n) is 10.7. The van der Waals surface area contributed by atoms with Crippen LogP contribution in [-0.2, 0) is 15.8 Å². The smallest absolute Gasteiger partial charge is 0.238 e. The van der Waals surface area contributed by atoms with Crippen LogP contribution in [0.15, 0.2) is 71.6 Å². The Labute approximate surface area is 231 Å². The molecule has 1 aliphatic carbocycles. The molecule has 4 aromatic rings. The average molecular weight is 543 g/mol. The highest BCUT2D eigenvalue weighted by molar-refractivity contribution is 7.99. The molecular formula is C32H35BO3S2. The third kappa shape index (κ3) is 5.48. The fourth-order valence-electron chi connectivity index (χ4n) is 5.88. The van der Waals surface area contributed by atoms with Gasteiger partial charge in [0.25, 0.3) is 0 Å². The van der Waals surface area contributed by atoms with E-state index in [4.69, 9.17) is 4.74 Å². The van der Waals surface area contributed by atoms with Crippen molar-refractivity contribution in [1.29, 1.82) is 0 Å². The summed E-state index contributed by atoms with van der Waals surface area (Å²) >= 11 is 1.64. The molecular weight excluding hydrogens is 507 g/mol. The third-order valence-electron chi connectivity index (χ3n) is 8.03. The van der Waals surface area contributed by atoms with Crippen molar-refractivity contribution in [3.05, 3.63) is 82.7 Å². The molecule has 1 atom stereocenters. The molecule has 3 aromatic carbocycles. The van der Waals surface area contributed by atoms with Crippen molar-refractivity contribution in [3.63, 3.8) is 0 Å². The summed E-state index contributed by atoms with van der Waals surface area (Å²) in [5, 5.41) is 1.18. The van der Waals surface area contributed by atoms with Crippen LogP contribution in [0.2, 0.25) is 5.82 Å². The van der Waals surface area contributed by atoms with Gasteiger partial charge in [0.1, 0.15) is 11.4 Å². The number of hydrogen-bond donors (Lipinski definition) is 0. The Balaban J connectivity index is 1.52. The van der Waals surface area contributed by atoms with Crippen LogP contribution in [-0.4, -0.2) is 35.8 Å². The normalized spacial score (nSPS) is 15.8. The molecule has 5 rings (SSSR count). The molecule has 1 heterocycles. The zero-order valence-electron chi connectivity index (χ0n) is 22.5. The van der Waals surface area contributed by atoms with Gasteiger partial charge in [0.05, 0.1) is 12.0 Å². The maximum atomic E-state index is 14.3. The van der Waals surface area contributed by atoms with Gasteiger partial charge in [-0.15, -0.1) is 11.3 Å². The third-order valence-corrected chi connectivity index (χ3v) is 10.6. The lowest BCUT2D eigenvalue weighted by Crippen LogP contribution is -2.35. The van der Waals surface area contributed by atoms with Crippen molar-refractivity contribution in [3.8, 4) is 16.9 Å². The summed E-state index contributed by atoms with van der Waals surface area (Å²) in [7, 11) is -0.553. The Morgan fingerprint density at radius 1 is 1.03 bits per heavy atom. The summed E-state index contributed by atoms with van der Waals surface area (Å²) in [5.41, 5.74) is 4.55. The topological polar surface area (TPSA) is 43.4 Å². The molecule has 0 saturated heterocycles. The van der Waals surface area contributed by atoms with Crippen molar-refractivity contribution in [2.24, 2.45) is 0 Å². The van der Waals surface area contributed by atoms with Gasteiger partial charge in [-0.1, -0.05) is 74.3 Å². The van der Waals surface area contributed by atoms with Crippen molar-refractivity contribution in [2.75, 3.05) is 13.4 Å². The first kappa shape index (κ1) is 26.8. The van der Waals surface area contributed by atoms with E-state index in [1.807, 2.05) is 42.5 Å². The molecule has 0 N–H and O–H groups in total.